The van der Waals surface area contributed by atoms with Crippen molar-refractivity contribution in [2.75, 3.05) is 13.1 Å². The Balaban J connectivity index is 2.30. The molecule has 0 aliphatic heterocycles. The predicted octanol–water partition coefficient (Wildman–Crippen LogP) is 5.52. The van der Waals surface area contributed by atoms with Crippen molar-refractivity contribution in [3.8, 4) is 0 Å². The highest BCUT2D eigenvalue weighted by molar-refractivity contribution is 6.04. The van der Waals surface area contributed by atoms with Gasteiger partial charge < -0.3 is 4.90 Å². The number of carbonyl (C=O) groups is 1. The van der Waals surface area contributed by atoms with E-state index in [0.717, 1.165) is 38.1 Å². The number of amides is 1. The number of benzene rings is 1. The molecule has 144 valence electrons. The maximum absolute atomic E-state index is 13.2. The van der Waals surface area contributed by atoms with Gasteiger partial charge in [0.25, 0.3) is 0 Å². The molecule has 1 aliphatic carbocycles. The van der Waals surface area contributed by atoms with Crippen molar-refractivity contribution >= 4 is 11.6 Å². The molecule has 3 heteroatoms. The minimum atomic E-state index is -0.0564. The summed E-state index contributed by atoms with van der Waals surface area (Å²) < 4.78 is 0. The van der Waals surface area contributed by atoms with Crippen molar-refractivity contribution in [2.24, 2.45) is 22.2 Å². The summed E-state index contributed by atoms with van der Waals surface area (Å²) in [6, 6.07) is 10.5. The van der Waals surface area contributed by atoms with E-state index < -0.39 is 0 Å². The van der Waals surface area contributed by atoms with E-state index in [9.17, 15) is 4.79 Å². The normalized spacial score (nSPS) is 23.7. The van der Waals surface area contributed by atoms with Crippen LogP contribution in [0.2, 0.25) is 0 Å². The zero-order valence-electron chi connectivity index (χ0n) is 17.5. The maximum atomic E-state index is 13.2. The van der Waals surface area contributed by atoms with Crippen LogP contribution in [0.25, 0.3) is 0 Å². The van der Waals surface area contributed by atoms with E-state index in [4.69, 9.17) is 4.99 Å². The van der Waals surface area contributed by atoms with Gasteiger partial charge in [-0.25, -0.2) is 0 Å². The summed E-state index contributed by atoms with van der Waals surface area (Å²) in [6.07, 6.45) is 3.00. The molecule has 3 unspecified atom stereocenters. The average molecular weight is 357 g/mol. The average Bonchev–Trinajstić information content (AvgIpc) is 2.62. The van der Waals surface area contributed by atoms with Crippen molar-refractivity contribution in [2.45, 2.75) is 66.8 Å². The Bertz CT molecular complexity index is 611. The van der Waals surface area contributed by atoms with Crippen LogP contribution in [0.3, 0.4) is 0 Å². The molecule has 1 aromatic carbocycles. The summed E-state index contributed by atoms with van der Waals surface area (Å²) in [5.41, 5.74) is 2.56. The van der Waals surface area contributed by atoms with E-state index in [1.54, 1.807) is 0 Å². The SMILES string of the molecule is CCN(CC)C(=O)C1CC(C(C)(C)C)CCC1=NC(C)c1ccccc1. The summed E-state index contributed by atoms with van der Waals surface area (Å²) in [5, 5.41) is 0. The van der Waals surface area contributed by atoms with Gasteiger partial charge in [0.2, 0.25) is 5.91 Å². The zero-order valence-corrected chi connectivity index (χ0v) is 17.5. The third-order valence-corrected chi connectivity index (χ3v) is 5.91. The summed E-state index contributed by atoms with van der Waals surface area (Å²) in [7, 11) is 0. The van der Waals surface area contributed by atoms with Gasteiger partial charge in [-0.1, -0.05) is 51.1 Å². The minimum Gasteiger partial charge on any atom is -0.343 e. The van der Waals surface area contributed by atoms with Gasteiger partial charge in [0, 0.05) is 18.8 Å². The Morgan fingerprint density at radius 3 is 2.35 bits per heavy atom. The number of nitrogens with zero attached hydrogens (tertiary/aromatic N) is 2. The van der Waals surface area contributed by atoms with E-state index in [1.165, 1.54) is 5.56 Å². The number of rotatable bonds is 5. The molecule has 0 radical (unpaired) electrons. The Kier molecular flexibility index (Phi) is 7.02. The molecule has 1 aliphatic rings. The highest BCUT2D eigenvalue weighted by atomic mass is 16.2. The van der Waals surface area contributed by atoms with Crippen molar-refractivity contribution in [1.29, 1.82) is 0 Å². The summed E-state index contributed by atoms with van der Waals surface area (Å²) in [5.74, 6) is 0.778. The van der Waals surface area contributed by atoms with Crippen molar-refractivity contribution < 1.29 is 4.79 Å². The lowest BCUT2D eigenvalue weighted by molar-refractivity contribution is -0.134. The lowest BCUT2D eigenvalue weighted by Gasteiger charge is -2.39. The minimum absolute atomic E-state index is 0.0564. The van der Waals surface area contributed by atoms with E-state index in [1.807, 2.05) is 11.0 Å². The van der Waals surface area contributed by atoms with Gasteiger partial charge >= 0.3 is 0 Å². The molecule has 0 heterocycles. The van der Waals surface area contributed by atoms with Gasteiger partial charge in [-0.3, -0.25) is 9.79 Å². The molecule has 3 nitrogen and oxygen atoms in total. The second-order valence-corrected chi connectivity index (χ2v) is 8.61. The zero-order chi connectivity index (χ0) is 19.3. The topological polar surface area (TPSA) is 32.7 Å². The van der Waals surface area contributed by atoms with Crippen molar-refractivity contribution in [3.05, 3.63) is 35.9 Å². The molecule has 26 heavy (non-hydrogen) atoms. The lowest BCUT2D eigenvalue weighted by Crippen LogP contribution is -2.43. The Labute approximate surface area is 159 Å². The lowest BCUT2D eigenvalue weighted by atomic mass is 9.68. The van der Waals surface area contributed by atoms with Crippen LogP contribution in [0.15, 0.2) is 35.3 Å². The molecule has 1 saturated carbocycles. The third-order valence-electron chi connectivity index (χ3n) is 5.91. The number of hydrogen-bond donors (Lipinski definition) is 0. The molecule has 0 saturated heterocycles. The van der Waals surface area contributed by atoms with Gasteiger partial charge in [0.15, 0.2) is 0 Å². The molecule has 1 fully saturated rings. The van der Waals surface area contributed by atoms with E-state index >= 15 is 0 Å². The third kappa shape index (κ3) is 4.96. The summed E-state index contributed by atoms with van der Waals surface area (Å²) in [6.45, 7) is 14.7. The molecule has 3 atom stereocenters. The van der Waals surface area contributed by atoms with E-state index in [2.05, 4.69) is 65.8 Å². The predicted molar refractivity (Wildman–Crippen MR) is 111 cm³/mol. The Morgan fingerprint density at radius 1 is 1.19 bits per heavy atom. The monoisotopic (exact) mass is 356 g/mol. The van der Waals surface area contributed by atoms with Crippen LogP contribution in [0.5, 0.6) is 0 Å². The van der Waals surface area contributed by atoms with E-state index in [-0.39, 0.29) is 23.3 Å². The smallest absolute Gasteiger partial charge is 0.231 e. The van der Waals surface area contributed by atoms with Crippen LogP contribution < -0.4 is 0 Å². The standard InChI is InChI=1S/C23H36N2O/c1-7-25(8-2)22(26)20-16-19(23(4,5)6)14-15-21(20)24-17(3)18-12-10-9-11-13-18/h9-13,17,19-20H,7-8,14-16H2,1-6H3. The molecule has 0 spiro atoms. The second-order valence-electron chi connectivity index (χ2n) is 8.61. The molecule has 2 rings (SSSR count). The fourth-order valence-electron chi connectivity index (χ4n) is 4.03. The first-order valence-corrected chi connectivity index (χ1v) is 10.2. The van der Waals surface area contributed by atoms with Crippen LogP contribution >= 0.6 is 0 Å². The van der Waals surface area contributed by atoms with Gasteiger partial charge in [0.05, 0.1) is 12.0 Å². The van der Waals surface area contributed by atoms with Gasteiger partial charge in [0.1, 0.15) is 0 Å². The Morgan fingerprint density at radius 2 is 1.81 bits per heavy atom. The first-order valence-electron chi connectivity index (χ1n) is 10.2. The fourth-order valence-corrected chi connectivity index (χ4v) is 4.03. The van der Waals surface area contributed by atoms with Crippen LogP contribution in [0.1, 0.15) is 72.4 Å². The van der Waals surface area contributed by atoms with Crippen LogP contribution in [0, 0.1) is 17.3 Å². The number of carbonyl (C=O) groups excluding carboxylic acids is 1. The molecular weight excluding hydrogens is 320 g/mol. The Hall–Kier alpha value is -1.64. The van der Waals surface area contributed by atoms with Gasteiger partial charge in [-0.15, -0.1) is 0 Å². The second kappa shape index (κ2) is 8.83. The summed E-state index contributed by atoms with van der Waals surface area (Å²) >= 11 is 0. The first kappa shape index (κ1) is 20.7. The molecule has 0 aromatic heterocycles. The molecule has 0 bridgehead atoms. The van der Waals surface area contributed by atoms with Crippen LogP contribution in [-0.4, -0.2) is 29.6 Å². The van der Waals surface area contributed by atoms with E-state index in [0.29, 0.717) is 5.92 Å². The number of hydrogen-bond acceptors (Lipinski definition) is 2. The highest BCUT2D eigenvalue weighted by Gasteiger charge is 2.38. The van der Waals surface area contributed by atoms with Gasteiger partial charge in [-0.2, -0.15) is 0 Å². The van der Waals surface area contributed by atoms with Crippen molar-refractivity contribution in [1.82, 2.24) is 4.90 Å². The first-order chi connectivity index (χ1) is 12.3. The maximum Gasteiger partial charge on any atom is 0.231 e. The van der Waals surface area contributed by atoms with Crippen molar-refractivity contribution in [3.63, 3.8) is 0 Å². The molecule has 1 aromatic rings. The number of aliphatic imine (C=N–C) groups is 1. The van der Waals surface area contributed by atoms with Crippen LogP contribution in [0.4, 0.5) is 0 Å². The molecular formula is C23H36N2O. The van der Waals surface area contributed by atoms with Crippen LogP contribution in [-0.2, 0) is 4.79 Å². The molecule has 1 amide bonds. The fraction of sp³-hybridized carbons (Fsp3) is 0.652. The highest BCUT2D eigenvalue weighted by Crippen LogP contribution is 2.40. The quantitative estimate of drug-likeness (QED) is 0.684. The summed E-state index contributed by atoms with van der Waals surface area (Å²) in [4.78, 5) is 20.2. The van der Waals surface area contributed by atoms with Gasteiger partial charge in [-0.05, 0) is 56.9 Å². The molecule has 0 N–H and O–H groups in total. The largest absolute Gasteiger partial charge is 0.343 e.